The summed E-state index contributed by atoms with van der Waals surface area (Å²) in [5, 5.41) is 12.7. The fourth-order valence-corrected chi connectivity index (χ4v) is 1.26. The van der Waals surface area contributed by atoms with Crippen LogP contribution in [0.4, 0.5) is 0 Å². The molecule has 0 spiro atoms. The largest absolute Gasteiger partial charge is 5.00 e. The minimum Gasteiger partial charge on any atom is -2.00 e. The monoisotopic (exact) mass is 699 g/mol. The maximum absolute atomic E-state index is 5.27. The Balaban J connectivity index is -0.0000000337. The Morgan fingerprint density at radius 2 is 0.538 bits per heavy atom. The molecule has 14 heteroatoms. The predicted octanol–water partition coefficient (Wildman–Crippen LogP) is -4.22. The molecule has 0 aromatic carbocycles. The van der Waals surface area contributed by atoms with E-state index in [1.165, 1.54) is 0 Å². The summed E-state index contributed by atoms with van der Waals surface area (Å²) >= 11 is 0. The Morgan fingerprint density at radius 1 is 0.385 bits per heavy atom. The summed E-state index contributed by atoms with van der Waals surface area (Å²) in [5.41, 5.74) is 21.1. The first-order chi connectivity index (χ1) is 9.83. The van der Waals surface area contributed by atoms with E-state index in [9.17, 15) is 0 Å². The Hall–Kier alpha value is 3.22. The predicted molar refractivity (Wildman–Crippen MR) is 123 cm³/mol. The van der Waals surface area contributed by atoms with Gasteiger partial charge >= 0.3 is 64.4 Å². The van der Waals surface area contributed by atoms with Crippen LogP contribution in [0.1, 0.15) is 0 Å². The van der Waals surface area contributed by atoms with Crippen molar-refractivity contribution in [1.29, 1.82) is 0 Å². The number of hydrogen-bond donors (Lipinski definition) is 8. The molecule has 0 atom stereocenters. The molecule has 0 aliphatic carbocycles. The number of nitrogens with one attached hydrogen (secondary N) is 4. The van der Waals surface area contributed by atoms with Crippen molar-refractivity contribution in [3.8, 4) is 0 Å². The summed E-state index contributed by atoms with van der Waals surface area (Å²) in [5.74, 6) is 0. The second-order valence-electron chi connectivity index (χ2n) is 4.15. The molecule has 26 heavy (non-hydrogen) atoms. The fraction of sp³-hybridized carbons (Fsp3) is 1.00. The smallest absolute Gasteiger partial charge is 2.00 e. The summed E-state index contributed by atoms with van der Waals surface area (Å²) in [6.45, 7) is 10.3. The van der Waals surface area contributed by atoms with E-state index in [4.69, 9.17) is 22.9 Å². The van der Waals surface area contributed by atoms with Crippen LogP contribution >= 0.6 is 0 Å². The van der Waals surface area contributed by atoms with Gasteiger partial charge in [-0.15, -0.1) is 0 Å². The van der Waals surface area contributed by atoms with E-state index in [1.807, 2.05) is 0 Å². The molecule has 0 aromatic heterocycles. The third-order valence-electron chi connectivity index (χ3n) is 2.24. The zero-order valence-corrected chi connectivity index (χ0v) is 23.3. The van der Waals surface area contributed by atoms with Crippen molar-refractivity contribution in [3.63, 3.8) is 0 Å². The van der Waals surface area contributed by atoms with Gasteiger partial charge in [-0.05, 0) is 0 Å². The van der Waals surface area contributed by atoms with E-state index >= 15 is 0 Å². The van der Waals surface area contributed by atoms with Gasteiger partial charge in [0.2, 0.25) is 0 Å². The summed E-state index contributed by atoms with van der Waals surface area (Å²) in [6, 6.07) is 0. The summed E-state index contributed by atoms with van der Waals surface area (Å²) in [4.78, 5) is 0. The zero-order valence-electron chi connectivity index (χ0n) is 15.2. The van der Waals surface area contributed by atoms with Gasteiger partial charge in [0.05, 0.1) is 0 Å². The van der Waals surface area contributed by atoms with Crippen molar-refractivity contribution >= 4 is 78.4 Å². The van der Waals surface area contributed by atoms with Gasteiger partial charge in [-0.25, -0.2) is 0 Å². The van der Waals surface area contributed by atoms with E-state index in [1.54, 1.807) is 0 Å². The van der Waals surface area contributed by atoms with Crippen LogP contribution in [0.3, 0.4) is 0 Å². The van der Waals surface area contributed by atoms with Gasteiger partial charge in [0.1, 0.15) is 0 Å². The van der Waals surface area contributed by atoms with Gasteiger partial charge in [-0.3, -0.25) is 0 Å². The van der Waals surface area contributed by atoms with Crippen LogP contribution in [0.15, 0.2) is 0 Å². The number of nitrogens with two attached hydrogens (primary N) is 4. The maximum Gasteiger partial charge on any atom is 5.00 e. The molecule has 0 aliphatic heterocycles. The molecule has 8 nitrogen and oxygen atoms in total. The van der Waals surface area contributed by atoms with Gasteiger partial charge < -0.3 is 98.2 Å². The van der Waals surface area contributed by atoms with Gasteiger partial charge in [0.25, 0.3) is 0 Å². The molecule has 161 valence electrons. The van der Waals surface area contributed by atoms with Crippen molar-refractivity contribution in [3.05, 3.63) is 0 Å². The van der Waals surface area contributed by atoms with Gasteiger partial charge in [-0.2, -0.15) is 0 Å². The third kappa shape index (κ3) is 63.1. The van der Waals surface area contributed by atoms with E-state index in [0.29, 0.717) is 26.2 Å². The quantitative estimate of drug-likeness (QED) is 0.0672. The van der Waals surface area contributed by atoms with Crippen LogP contribution < -0.4 is 44.2 Å². The molecule has 0 aromatic rings. The second kappa shape index (κ2) is 56.6. The standard InChI is InChI=1S/2C6H18N4.Gd.4S.Sb/c2*7-1-3-9-5-6-10-4-2-8;;;;;;/h2*9-10H,1-8H2;;;;;;/q;;+3;4*-2;+5. The average molecular weight is 700 g/mol. The molecule has 0 bridgehead atoms. The van der Waals surface area contributed by atoms with Crippen LogP contribution in [0.2, 0.25) is 0 Å². The van der Waals surface area contributed by atoms with Crippen molar-refractivity contribution < 1.29 is 39.9 Å². The summed E-state index contributed by atoms with van der Waals surface area (Å²) in [7, 11) is 0. The van der Waals surface area contributed by atoms with Crippen LogP contribution in [0.5, 0.6) is 0 Å². The summed E-state index contributed by atoms with van der Waals surface area (Å²) < 4.78 is 0. The molecule has 0 saturated carbocycles. The third-order valence-corrected chi connectivity index (χ3v) is 2.24. The second-order valence-corrected chi connectivity index (χ2v) is 4.15. The van der Waals surface area contributed by atoms with Crippen molar-refractivity contribution in [2.45, 2.75) is 0 Å². The molecule has 0 aliphatic rings. The fourth-order valence-electron chi connectivity index (χ4n) is 1.26. The summed E-state index contributed by atoms with van der Waals surface area (Å²) in [6.07, 6.45) is 0. The van der Waals surface area contributed by atoms with E-state index in [2.05, 4.69) is 21.3 Å². The van der Waals surface area contributed by atoms with Gasteiger partial charge in [0, 0.05) is 78.5 Å². The molecule has 0 amide bonds. The molecule has 0 heterocycles. The Bertz CT molecular complexity index is 143. The van der Waals surface area contributed by atoms with Crippen molar-refractivity contribution in [2.75, 3.05) is 78.5 Å². The van der Waals surface area contributed by atoms with Crippen molar-refractivity contribution in [2.24, 2.45) is 22.9 Å². The first kappa shape index (κ1) is 51.7. The first-order valence-electron chi connectivity index (χ1n) is 7.46. The maximum atomic E-state index is 5.27. The number of rotatable bonds is 14. The van der Waals surface area contributed by atoms with Crippen LogP contribution in [0.25, 0.3) is 0 Å². The molecule has 0 unspecified atom stereocenters. The molecule has 0 fully saturated rings. The minimum absolute atomic E-state index is 0. The number of hydrogen-bond acceptors (Lipinski definition) is 8. The van der Waals surface area contributed by atoms with Crippen molar-refractivity contribution in [1.82, 2.24) is 21.3 Å². The Morgan fingerprint density at radius 3 is 0.654 bits per heavy atom. The first-order valence-corrected chi connectivity index (χ1v) is 7.46. The van der Waals surface area contributed by atoms with E-state index < -0.39 is 0 Å². The molecule has 1 radical (unpaired) electrons. The normalized spacial score (nSPS) is 7.85. The average Bonchev–Trinajstić information content (AvgIpc) is 2.47. The SMILES string of the molecule is NCCNCCNCCN.NCCNCCNCCN.[Gd+3].[S-2].[S-2].[S-2].[S-2].[Sb+5]. The van der Waals surface area contributed by atoms with Gasteiger partial charge in [0.15, 0.2) is 0 Å². The zero-order chi connectivity index (χ0) is 15.3. The Labute approximate surface area is 238 Å². The van der Waals surface area contributed by atoms with Crippen LogP contribution in [-0.4, -0.2) is 103 Å². The van der Waals surface area contributed by atoms with E-state index in [0.717, 1.165) is 52.4 Å². The van der Waals surface area contributed by atoms with Crippen LogP contribution in [-0.2, 0) is 54.0 Å². The van der Waals surface area contributed by atoms with Gasteiger partial charge in [-0.1, -0.05) is 0 Å². The molecular weight excluding hydrogens is 663 g/mol. The molecule has 12 N–H and O–H groups in total. The Kier molecular flexibility index (Phi) is 113. The minimum atomic E-state index is 0. The van der Waals surface area contributed by atoms with E-state index in [-0.39, 0.29) is 118 Å². The molecule has 0 saturated heterocycles. The molecular formula is C12H36GdN8S4Sb. The van der Waals surface area contributed by atoms with Crippen LogP contribution in [0, 0.1) is 39.9 Å². The topological polar surface area (TPSA) is 152 Å². The molecule has 0 rings (SSSR count).